The highest BCUT2D eigenvalue weighted by Crippen LogP contribution is 2.31. The Kier molecular flexibility index (Phi) is 3.22. The van der Waals surface area contributed by atoms with Crippen molar-refractivity contribution in [3.05, 3.63) is 42.6 Å². The lowest BCUT2D eigenvalue weighted by Crippen LogP contribution is -2.40. The van der Waals surface area contributed by atoms with Gasteiger partial charge in [-0.05, 0) is 18.9 Å². The summed E-state index contributed by atoms with van der Waals surface area (Å²) in [5, 5.41) is 0.915. The molecule has 116 valence electrons. The fraction of sp³-hybridized carbons (Fsp3) is 0.235. The van der Waals surface area contributed by atoms with Gasteiger partial charge in [-0.2, -0.15) is 0 Å². The number of rotatable bonds is 3. The van der Waals surface area contributed by atoms with Gasteiger partial charge in [0.25, 0.3) is 0 Å². The Bertz CT molecular complexity index is 858. The molecule has 3 aromatic rings. The third kappa shape index (κ3) is 2.32. The summed E-state index contributed by atoms with van der Waals surface area (Å²) in [5.41, 5.74) is 7.27. The van der Waals surface area contributed by atoms with Gasteiger partial charge < -0.3 is 15.6 Å². The molecule has 4 rings (SSSR count). The Morgan fingerprint density at radius 3 is 2.83 bits per heavy atom. The zero-order valence-corrected chi connectivity index (χ0v) is 12.6. The molecule has 0 unspecified atom stereocenters. The van der Waals surface area contributed by atoms with Crippen LogP contribution in [0.3, 0.4) is 0 Å². The summed E-state index contributed by atoms with van der Waals surface area (Å²) >= 11 is 0. The molecule has 1 aromatic carbocycles. The summed E-state index contributed by atoms with van der Waals surface area (Å²) in [6.45, 7) is 0.777. The Morgan fingerprint density at radius 2 is 2.04 bits per heavy atom. The van der Waals surface area contributed by atoms with Crippen LogP contribution < -0.4 is 10.6 Å². The zero-order chi connectivity index (χ0) is 15.8. The lowest BCUT2D eigenvalue weighted by Gasteiger charge is -2.24. The highest BCUT2D eigenvalue weighted by Gasteiger charge is 2.31. The van der Waals surface area contributed by atoms with Gasteiger partial charge in [0.05, 0.1) is 5.39 Å². The molecule has 2 aromatic heterocycles. The molecule has 0 bridgehead atoms. The quantitative estimate of drug-likeness (QED) is 0.775. The van der Waals surface area contributed by atoms with Crippen LogP contribution in [0, 0.1) is 0 Å². The van der Waals surface area contributed by atoms with Crippen LogP contribution in [0.4, 0.5) is 5.82 Å². The molecule has 1 aliphatic rings. The van der Waals surface area contributed by atoms with Crippen molar-refractivity contribution < 1.29 is 4.79 Å². The van der Waals surface area contributed by atoms with Crippen molar-refractivity contribution in [2.45, 2.75) is 18.9 Å². The minimum atomic E-state index is -0.300. The predicted molar refractivity (Wildman–Crippen MR) is 88.9 cm³/mol. The summed E-state index contributed by atoms with van der Waals surface area (Å²) in [6, 6.07) is 11.5. The van der Waals surface area contributed by atoms with Crippen molar-refractivity contribution in [3.63, 3.8) is 0 Å². The number of amides is 1. The van der Waals surface area contributed by atoms with E-state index in [2.05, 4.69) is 9.97 Å². The van der Waals surface area contributed by atoms with Gasteiger partial charge in [-0.3, -0.25) is 4.79 Å². The molecule has 23 heavy (non-hydrogen) atoms. The smallest absolute Gasteiger partial charge is 0.240 e. The minimum Gasteiger partial charge on any atom is -0.368 e. The second-order valence-corrected chi connectivity index (χ2v) is 5.73. The number of fused-ring (bicyclic) bond motifs is 1. The number of aromatic amines is 1. The topological polar surface area (TPSA) is 87.9 Å². The SMILES string of the molecule is NC(=O)[C@@H]1CCCN1c1nc(-c2ccccc2)nc2[nH]ccc12. The number of carbonyl (C=O) groups excluding carboxylic acids is 1. The van der Waals surface area contributed by atoms with E-state index in [9.17, 15) is 4.79 Å². The maximum absolute atomic E-state index is 11.7. The van der Waals surface area contributed by atoms with E-state index in [0.717, 1.165) is 41.8 Å². The van der Waals surface area contributed by atoms with Gasteiger partial charge in [-0.15, -0.1) is 0 Å². The molecular weight excluding hydrogens is 290 g/mol. The first-order chi connectivity index (χ1) is 11.2. The molecular formula is C17H17N5O. The molecule has 3 N–H and O–H groups in total. The third-order valence-electron chi connectivity index (χ3n) is 4.28. The largest absolute Gasteiger partial charge is 0.368 e. The molecule has 6 nitrogen and oxygen atoms in total. The third-order valence-corrected chi connectivity index (χ3v) is 4.28. The number of anilines is 1. The molecule has 1 amide bonds. The normalized spacial score (nSPS) is 17.7. The molecule has 0 aliphatic carbocycles. The van der Waals surface area contributed by atoms with Crippen LogP contribution in [0.25, 0.3) is 22.4 Å². The molecule has 1 saturated heterocycles. The number of nitrogens with one attached hydrogen (secondary N) is 1. The molecule has 6 heteroatoms. The fourth-order valence-corrected chi connectivity index (χ4v) is 3.18. The van der Waals surface area contributed by atoms with E-state index in [-0.39, 0.29) is 11.9 Å². The van der Waals surface area contributed by atoms with Crippen molar-refractivity contribution >= 4 is 22.8 Å². The van der Waals surface area contributed by atoms with Crippen molar-refractivity contribution in [1.29, 1.82) is 0 Å². The van der Waals surface area contributed by atoms with Crippen molar-refractivity contribution in [2.24, 2.45) is 5.73 Å². The highest BCUT2D eigenvalue weighted by atomic mass is 16.1. The van der Waals surface area contributed by atoms with Crippen molar-refractivity contribution in [3.8, 4) is 11.4 Å². The Labute approximate surface area is 133 Å². The van der Waals surface area contributed by atoms with E-state index in [1.807, 2.05) is 47.5 Å². The van der Waals surface area contributed by atoms with Crippen LogP contribution in [0.1, 0.15) is 12.8 Å². The van der Waals surface area contributed by atoms with Crippen LogP contribution in [-0.4, -0.2) is 33.4 Å². The standard InChI is InChI=1S/C17H17N5O/c18-14(23)13-7-4-10-22(13)17-12-8-9-19-16(12)20-15(21-17)11-5-2-1-3-6-11/h1-3,5-6,8-9,13H,4,7,10H2,(H2,18,23)(H,19,20,21)/t13-/m0/s1. The fourth-order valence-electron chi connectivity index (χ4n) is 3.18. The van der Waals surface area contributed by atoms with Gasteiger partial charge in [-0.25, -0.2) is 9.97 Å². The average Bonchev–Trinajstić information content (AvgIpc) is 3.23. The molecule has 0 saturated carbocycles. The summed E-state index contributed by atoms with van der Waals surface area (Å²) < 4.78 is 0. The van der Waals surface area contributed by atoms with Crippen molar-refractivity contribution in [1.82, 2.24) is 15.0 Å². The molecule has 3 heterocycles. The Morgan fingerprint density at radius 1 is 1.22 bits per heavy atom. The second-order valence-electron chi connectivity index (χ2n) is 5.73. The lowest BCUT2D eigenvalue weighted by atomic mass is 10.2. The Balaban J connectivity index is 1.88. The molecule has 1 atom stereocenters. The van der Waals surface area contributed by atoms with Gasteiger partial charge >= 0.3 is 0 Å². The van der Waals surface area contributed by atoms with E-state index < -0.39 is 0 Å². The van der Waals surface area contributed by atoms with E-state index in [0.29, 0.717) is 5.82 Å². The average molecular weight is 307 g/mol. The number of hydrogen-bond donors (Lipinski definition) is 2. The molecule has 1 fully saturated rings. The summed E-state index contributed by atoms with van der Waals surface area (Å²) in [4.78, 5) is 26.2. The van der Waals surface area contributed by atoms with Crippen LogP contribution in [0.15, 0.2) is 42.6 Å². The monoisotopic (exact) mass is 307 g/mol. The summed E-state index contributed by atoms with van der Waals surface area (Å²) in [5.74, 6) is 1.12. The summed E-state index contributed by atoms with van der Waals surface area (Å²) in [7, 11) is 0. The Hall–Kier alpha value is -2.89. The minimum absolute atomic E-state index is 0.299. The van der Waals surface area contributed by atoms with E-state index in [1.165, 1.54) is 0 Å². The predicted octanol–water partition coefficient (Wildman–Crippen LogP) is 2.08. The number of benzene rings is 1. The summed E-state index contributed by atoms with van der Waals surface area (Å²) in [6.07, 6.45) is 3.54. The molecule has 1 aliphatic heterocycles. The van der Waals surface area contributed by atoms with E-state index >= 15 is 0 Å². The van der Waals surface area contributed by atoms with Crippen LogP contribution in [0.5, 0.6) is 0 Å². The van der Waals surface area contributed by atoms with Gasteiger partial charge in [0.2, 0.25) is 5.91 Å². The van der Waals surface area contributed by atoms with Crippen molar-refractivity contribution in [2.75, 3.05) is 11.4 Å². The van der Waals surface area contributed by atoms with Crippen LogP contribution in [-0.2, 0) is 4.79 Å². The maximum atomic E-state index is 11.7. The van der Waals surface area contributed by atoms with Crippen LogP contribution in [0.2, 0.25) is 0 Å². The zero-order valence-electron chi connectivity index (χ0n) is 12.6. The number of H-pyrrole nitrogens is 1. The number of carbonyl (C=O) groups is 1. The number of nitrogens with zero attached hydrogens (tertiary/aromatic N) is 3. The maximum Gasteiger partial charge on any atom is 0.240 e. The van der Waals surface area contributed by atoms with E-state index in [4.69, 9.17) is 10.7 Å². The number of aromatic nitrogens is 3. The van der Waals surface area contributed by atoms with Gasteiger partial charge in [0.1, 0.15) is 17.5 Å². The first kappa shape index (κ1) is 13.8. The van der Waals surface area contributed by atoms with Gasteiger partial charge in [0.15, 0.2) is 5.82 Å². The highest BCUT2D eigenvalue weighted by molar-refractivity contribution is 5.92. The number of primary amides is 1. The van der Waals surface area contributed by atoms with Gasteiger partial charge in [-0.1, -0.05) is 30.3 Å². The first-order valence-electron chi connectivity index (χ1n) is 7.70. The van der Waals surface area contributed by atoms with Gasteiger partial charge in [0, 0.05) is 18.3 Å². The van der Waals surface area contributed by atoms with Crippen LogP contribution >= 0.6 is 0 Å². The number of nitrogens with two attached hydrogens (primary N) is 1. The van der Waals surface area contributed by atoms with E-state index in [1.54, 1.807) is 0 Å². The lowest BCUT2D eigenvalue weighted by molar-refractivity contribution is -0.119. The molecule has 0 radical (unpaired) electrons. The second kappa shape index (κ2) is 5.39. The first-order valence-corrected chi connectivity index (χ1v) is 7.70. The number of hydrogen-bond acceptors (Lipinski definition) is 4. The molecule has 0 spiro atoms.